The summed E-state index contributed by atoms with van der Waals surface area (Å²) in [6.07, 6.45) is 0. The summed E-state index contributed by atoms with van der Waals surface area (Å²) >= 11 is 0. The van der Waals surface area contributed by atoms with E-state index in [1.165, 1.54) is 26.9 Å². The number of hydrogen-bond donors (Lipinski definition) is 0. The molecule has 0 amide bonds. The molecule has 2 heterocycles. The number of nitrogens with zero attached hydrogens (tertiary/aromatic N) is 3. The minimum absolute atomic E-state index is 0.644. The van der Waals surface area contributed by atoms with Gasteiger partial charge in [-0.15, -0.1) is 0 Å². The normalized spacial score (nSPS) is 11.6. The lowest BCUT2D eigenvalue weighted by atomic mass is 9.90. The molecule has 4 nitrogen and oxygen atoms in total. The van der Waals surface area contributed by atoms with Crippen LogP contribution in [0.2, 0.25) is 0 Å². The fourth-order valence-corrected chi connectivity index (χ4v) is 8.00. The summed E-state index contributed by atoms with van der Waals surface area (Å²) < 4.78 is 6.23. The Hall–Kier alpha value is -7.43. The van der Waals surface area contributed by atoms with Crippen LogP contribution in [0.15, 0.2) is 192 Å². The predicted molar refractivity (Wildman–Crippen MR) is 227 cm³/mol. The summed E-state index contributed by atoms with van der Waals surface area (Å²) in [5.41, 5.74) is 9.26. The van der Waals surface area contributed by atoms with Crippen molar-refractivity contribution in [3.8, 4) is 56.4 Å². The molecule has 55 heavy (non-hydrogen) atoms. The Kier molecular flexibility index (Phi) is 7.14. The van der Waals surface area contributed by atoms with E-state index in [-0.39, 0.29) is 0 Å². The van der Waals surface area contributed by atoms with Gasteiger partial charge >= 0.3 is 0 Å². The third-order valence-electron chi connectivity index (χ3n) is 10.7. The van der Waals surface area contributed by atoms with Gasteiger partial charge in [0.2, 0.25) is 0 Å². The van der Waals surface area contributed by atoms with E-state index in [1.54, 1.807) is 0 Å². The molecular weight excluding hydrogens is 671 g/mol. The van der Waals surface area contributed by atoms with Gasteiger partial charge in [-0.25, -0.2) is 15.0 Å². The molecule has 0 radical (unpaired) electrons. The summed E-state index contributed by atoms with van der Waals surface area (Å²) in [6.45, 7) is 0. The van der Waals surface area contributed by atoms with Gasteiger partial charge in [0, 0.05) is 27.5 Å². The minimum atomic E-state index is 0.644. The van der Waals surface area contributed by atoms with Crippen molar-refractivity contribution in [3.05, 3.63) is 188 Å². The Balaban J connectivity index is 1.05. The van der Waals surface area contributed by atoms with E-state index in [0.29, 0.717) is 17.5 Å². The maximum atomic E-state index is 6.23. The van der Waals surface area contributed by atoms with Gasteiger partial charge < -0.3 is 4.42 Å². The Bertz CT molecular complexity index is 3200. The molecule has 0 saturated carbocycles. The first-order valence-corrected chi connectivity index (χ1v) is 18.5. The number of aromatic nitrogens is 3. The number of fused-ring (bicyclic) bond motifs is 9. The van der Waals surface area contributed by atoms with Gasteiger partial charge in [0.15, 0.2) is 17.5 Å². The summed E-state index contributed by atoms with van der Waals surface area (Å²) in [4.78, 5) is 15.0. The topological polar surface area (TPSA) is 51.8 Å². The molecule has 4 heteroatoms. The fraction of sp³-hybridized carbons (Fsp3) is 0. The van der Waals surface area contributed by atoms with Crippen molar-refractivity contribution in [2.45, 2.75) is 0 Å². The molecule has 2 aromatic heterocycles. The van der Waals surface area contributed by atoms with E-state index in [9.17, 15) is 0 Å². The van der Waals surface area contributed by atoms with Gasteiger partial charge in [-0.3, -0.25) is 0 Å². The SMILES string of the molecule is c1ccc(-c2nc(-c3ccccc3)nc(-c3ccc4c5ccccc5c5cc(-c6cccc(-c7ccc8c(c7)oc7ccccc78)c6)ccc5c4c3)n2)cc1. The molecule has 11 aromatic rings. The monoisotopic (exact) mass is 701 g/mol. The zero-order valence-corrected chi connectivity index (χ0v) is 29.6. The molecular formula is C51H31N3O. The summed E-state index contributed by atoms with van der Waals surface area (Å²) in [7, 11) is 0. The van der Waals surface area contributed by atoms with E-state index < -0.39 is 0 Å². The Morgan fingerprint density at radius 3 is 1.29 bits per heavy atom. The molecule has 0 saturated heterocycles. The summed E-state index contributed by atoms with van der Waals surface area (Å²) in [5, 5.41) is 9.47. The van der Waals surface area contributed by atoms with Crippen LogP contribution in [0.4, 0.5) is 0 Å². The fourth-order valence-electron chi connectivity index (χ4n) is 8.00. The van der Waals surface area contributed by atoms with Gasteiger partial charge in [-0.1, -0.05) is 152 Å². The number of para-hydroxylation sites is 1. The zero-order chi connectivity index (χ0) is 36.3. The first-order chi connectivity index (χ1) is 27.2. The third kappa shape index (κ3) is 5.34. The van der Waals surface area contributed by atoms with Gasteiger partial charge in [-0.05, 0) is 91.0 Å². The maximum absolute atomic E-state index is 6.23. The van der Waals surface area contributed by atoms with Crippen LogP contribution < -0.4 is 0 Å². The Labute approximate surface area is 317 Å². The number of hydrogen-bond acceptors (Lipinski definition) is 4. The van der Waals surface area contributed by atoms with Crippen LogP contribution in [-0.2, 0) is 0 Å². The lowest BCUT2D eigenvalue weighted by Gasteiger charge is -2.14. The van der Waals surface area contributed by atoms with Crippen LogP contribution in [0.25, 0.3) is 111 Å². The molecule has 0 atom stereocenters. The smallest absolute Gasteiger partial charge is 0.164 e. The highest BCUT2D eigenvalue weighted by Crippen LogP contribution is 2.40. The zero-order valence-electron chi connectivity index (χ0n) is 29.6. The standard InChI is InChI=1S/C51H31N3O/c1-3-12-32(13-4-1)49-52-50(33-14-5-2-6-15-33)54-51(53-49)38-24-26-41-39-18-7-8-19-40(39)45-29-36(22-25-42(45)46(41)30-38)34-16-11-17-35(28-34)37-23-27-44-43-20-9-10-21-47(43)55-48(44)31-37/h1-31H. The van der Waals surface area contributed by atoms with Gasteiger partial charge in [0.05, 0.1) is 0 Å². The minimum Gasteiger partial charge on any atom is -0.456 e. The molecule has 0 fully saturated rings. The molecule has 0 aliphatic carbocycles. The van der Waals surface area contributed by atoms with Crippen LogP contribution in [0.5, 0.6) is 0 Å². The van der Waals surface area contributed by atoms with Crippen molar-refractivity contribution >= 4 is 54.3 Å². The lowest BCUT2D eigenvalue weighted by Crippen LogP contribution is -2.00. The second-order valence-electron chi connectivity index (χ2n) is 14.0. The third-order valence-corrected chi connectivity index (χ3v) is 10.7. The quantitative estimate of drug-likeness (QED) is 0.168. The molecule has 9 aromatic carbocycles. The van der Waals surface area contributed by atoms with Crippen LogP contribution >= 0.6 is 0 Å². The Morgan fingerprint density at radius 1 is 0.236 bits per heavy atom. The molecule has 11 rings (SSSR count). The highest BCUT2D eigenvalue weighted by Gasteiger charge is 2.16. The highest BCUT2D eigenvalue weighted by molar-refractivity contribution is 6.26. The van der Waals surface area contributed by atoms with Crippen molar-refractivity contribution < 1.29 is 4.42 Å². The van der Waals surface area contributed by atoms with Gasteiger partial charge in [0.1, 0.15) is 11.2 Å². The van der Waals surface area contributed by atoms with Crippen molar-refractivity contribution in [3.63, 3.8) is 0 Å². The first-order valence-electron chi connectivity index (χ1n) is 18.5. The van der Waals surface area contributed by atoms with Crippen molar-refractivity contribution in [1.29, 1.82) is 0 Å². The van der Waals surface area contributed by atoms with E-state index in [2.05, 4.69) is 115 Å². The number of benzene rings is 9. The first kappa shape index (κ1) is 31.1. The maximum Gasteiger partial charge on any atom is 0.164 e. The average molecular weight is 702 g/mol. The lowest BCUT2D eigenvalue weighted by molar-refractivity contribution is 0.669. The van der Waals surface area contributed by atoms with Gasteiger partial charge in [0.25, 0.3) is 0 Å². The molecule has 0 spiro atoms. The van der Waals surface area contributed by atoms with Crippen LogP contribution in [-0.4, -0.2) is 15.0 Å². The predicted octanol–water partition coefficient (Wildman–Crippen LogP) is 13.6. The van der Waals surface area contributed by atoms with E-state index in [4.69, 9.17) is 19.4 Å². The molecule has 0 bridgehead atoms. The van der Waals surface area contributed by atoms with Crippen molar-refractivity contribution in [2.24, 2.45) is 0 Å². The second kappa shape index (κ2) is 12.6. The van der Waals surface area contributed by atoms with E-state index in [0.717, 1.165) is 66.3 Å². The van der Waals surface area contributed by atoms with Crippen molar-refractivity contribution in [1.82, 2.24) is 15.0 Å². The average Bonchev–Trinajstić information content (AvgIpc) is 3.65. The van der Waals surface area contributed by atoms with E-state index in [1.807, 2.05) is 72.8 Å². The molecule has 0 aliphatic rings. The second-order valence-corrected chi connectivity index (χ2v) is 14.0. The molecule has 256 valence electrons. The van der Waals surface area contributed by atoms with Crippen molar-refractivity contribution in [2.75, 3.05) is 0 Å². The van der Waals surface area contributed by atoms with Gasteiger partial charge in [-0.2, -0.15) is 0 Å². The summed E-state index contributed by atoms with van der Waals surface area (Å²) in [5.74, 6) is 1.94. The molecule has 0 aliphatic heterocycles. The molecule has 0 unspecified atom stereocenters. The molecule has 0 N–H and O–H groups in total. The summed E-state index contributed by atoms with van der Waals surface area (Å²) in [6, 6.07) is 65.9. The highest BCUT2D eigenvalue weighted by atomic mass is 16.3. The number of furan rings is 1. The number of rotatable bonds is 5. The van der Waals surface area contributed by atoms with Crippen LogP contribution in [0.3, 0.4) is 0 Å². The largest absolute Gasteiger partial charge is 0.456 e. The van der Waals surface area contributed by atoms with Crippen LogP contribution in [0, 0.1) is 0 Å². The Morgan fingerprint density at radius 2 is 0.636 bits per heavy atom. The van der Waals surface area contributed by atoms with E-state index >= 15 is 0 Å². The van der Waals surface area contributed by atoms with Crippen LogP contribution in [0.1, 0.15) is 0 Å².